The first-order valence-electron chi connectivity index (χ1n) is 17.7. The maximum atomic E-state index is 14.7. The largest absolute Gasteiger partial charge is 0.278 e. The number of hydrogen-bond acceptors (Lipinski definition) is 5. The van der Waals surface area contributed by atoms with Crippen LogP contribution in [0.5, 0.6) is 0 Å². The fourth-order valence-corrected chi connectivity index (χ4v) is 11.0. The molecule has 2 aliphatic heterocycles. The van der Waals surface area contributed by atoms with E-state index in [1.807, 2.05) is 103 Å². The number of benzene rings is 5. The van der Waals surface area contributed by atoms with E-state index < -0.39 is 29.1 Å². The van der Waals surface area contributed by atoms with E-state index >= 15 is 0 Å². The van der Waals surface area contributed by atoms with Crippen molar-refractivity contribution in [3.05, 3.63) is 177 Å². The molecule has 7 heteroatoms. The van der Waals surface area contributed by atoms with E-state index in [2.05, 4.69) is 24.3 Å². The van der Waals surface area contributed by atoms with Crippen molar-refractivity contribution in [3.63, 3.8) is 0 Å². The van der Waals surface area contributed by atoms with Crippen LogP contribution in [0.25, 0.3) is 0 Å². The van der Waals surface area contributed by atoms with Gasteiger partial charge in [0.05, 0.1) is 35.6 Å². The summed E-state index contributed by atoms with van der Waals surface area (Å²) < 4.78 is 0. The van der Waals surface area contributed by atoms with Gasteiger partial charge in [0.1, 0.15) is 0 Å². The van der Waals surface area contributed by atoms with Gasteiger partial charge in [-0.25, -0.2) is 0 Å². The number of likely N-dealkylation sites (tertiary alicyclic amines) is 1. The molecule has 2 fully saturated rings. The van der Waals surface area contributed by atoms with Gasteiger partial charge in [-0.2, -0.15) is 10.1 Å². The maximum Gasteiger partial charge on any atom is 0.254 e. The van der Waals surface area contributed by atoms with Gasteiger partial charge in [0, 0.05) is 24.0 Å². The Labute approximate surface area is 294 Å². The summed E-state index contributed by atoms with van der Waals surface area (Å²) in [6.07, 6.45) is 1.67. The second-order valence-electron chi connectivity index (χ2n) is 14.8. The minimum atomic E-state index is -1.18. The number of hydrazone groups is 1. The van der Waals surface area contributed by atoms with Gasteiger partial charge in [-0.3, -0.25) is 24.1 Å². The number of nitrogens with zero attached hydrogens (tertiary/aromatic N) is 3. The molecule has 4 atom stereocenters. The molecule has 0 N–H and O–H groups in total. The molecule has 0 radical (unpaired) electrons. The Hall–Kier alpha value is -5.95. The highest BCUT2D eigenvalue weighted by Crippen LogP contribution is 2.64. The Balaban J connectivity index is 1.07. The average Bonchev–Trinajstić information content (AvgIpc) is 3.59. The Morgan fingerprint density at radius 1 is 0.490 bits per heavy atom. The van der Waals surface area contributed by atoms with E-state index in [9.17, 15) is 19.2 Å². The zero-order chi connectivity index (χ0) is 34.2. The smallest absolute Gasteiger partial charge is 0.254 e. The molecule has 5 aromatic carbocycles. The first-order valence-corrected chi connectivity index (χ1v) is 17.7. The van der Waals surface area contributed by atoms with Crippen molar-refractivity contribution >= 4 is 29.8 Å². The topological polar surface area (TPSA) is 87.1 Å². The predicted molar refractivity (Wildman–Crippen MR) is 188 cm³/mol. The van der Waals surface area contributed by atoms with Gasteiger partial charge >= 0.3 is 0 Å². The number of carbonyl (C=O) groups is 4. The van der Waals surface area contributed by atoms with Crippen molar-refractivity contribution in [1.82, 2.24) is 9.91 Å². The van der Waals surface area contributed by atoms with Gasteiger partial charge in [-0.05, 0) is 50.1 Å². The van der Waals surface area contributed by atoms with Crippen molar-refractivity contribution < 1.29 is 19.2 Å². The van der Waals surface area contributed by atoms with Gasteiger partial charge in [-0.15, -0.1) is 0 Å². The SMILES string of the molecule is O=C1[C@@H]2C3c4ccccc4C(/C=N\N4C(=O)[C@@H]5C6c7ccccc7C(c7ccccc76)[C@@H]5C4=O)(c4ccccc43)[C@@H]2C(=O)N1Cc1ccccc1. The molecule has 0 unspecified atom stereocenters. The van der Waals surface area contributed by atoms with Crippen LogP contribution >= 0.6 is 0 Å². The van der Waals surface area contributed by atoms with E-state index in [0.29, 0.717) is 0 Å². The third-order valence-electron chi connectivity index (χ3n) is 12.8. The molecule has 7 nitrogen and oxygen atoms in total. The highest BCUT2D eigenvalue weighted by Gasteiger charge is 2.68. The van der Waals surface area contributed by atoms with Crippen molar-refractivity contribution in [2.75, 3.05) is 0 Å². The van der Waals surface area contributed by atoms with Crippen molar-refractivity contribution in [3.8, 4) is 0 Å². The monoisotopic (exact) mass is 665 g/mol. The lowest BCUT2D eigenvalue weighted by Gasteiger charge is -2.52. The minimum absolute atomic E-state index is 0.175. The van der Waals surface area contributed by atoms with Crippen LogP contribution in [0.4, 0.5) is 0 Å². The van der Waals surface area contributed by atoms with Gasteiger partial charge in [0.25, 0.3) is 11.8 Å². The van der Waals surface area contributed by atoms with Crippen LogP contribution < -0.4 is 0 Å². The summed E-state index contributed by atoms with van der Waals surface area (Å²) >= 11 is 0. The Kier molecular flexibility index (Phi) is 5.69. The molecule has 8 aliphatic rings. The molecule has 6 aliphatic carbocycles. The van der Waals surface area contributed by atoms with E-state index in [1.54, 1.807) is 6.21 Å². The molecule has 0 saturated carbocycles. The van der Waals surface area contributed by atoms with Crippen LogP contribution in [-0.2, 0) is 31.1 Å². The van der Waals surface area contributed by atoms with Crippen LogP contribution in [0.1, 0.15) is 67.8 Å². The normalized spacial score (nSPS) is 30.3. The standard InChI is InChI=1S/C44H31N3O4/c48-40-38-35-29-18-8-10-20-31(29)44(32-21-11-9-19-30(32)35,39(38)43(51)46(40)22-24-12-2-1-3-13-24)23-45-47-41(49)36-33-25-14-4-5-15-26(25)34(37(36)42(47)50)28-17-7-6-16-27(28)33/h1-21,23,33-39H,22H2/b45-23-/t33?,34?,35?,36-,37+,38-,39+,44?/m1/s1. The second kappa shape index (κ2) is 10.1. The molecule has 5 aromatic rings. The summed E-state index contributed by atoms with van der Waals surface area (Å²) in [4.78, 5) is 59.8. The fraction of sp³-hybridized carbons (Fsp3) is 0.205. The molecule has 4 bridgehead atoms. The molecule has 51 heavy (non-hydrogen) atoms. The zero-order valence-electron chi connectivity index (χ0n) is 27.4. The van der Waals surface area contributed by atoms with Gasteiger partial charge in [0.15, 0.2) is 0 Å². The lowest BCUT2D eigenvalue weighted by molar-refractivity contribution is -0.141. The number of amides is 4. The fourth-order valence-electron chi connectivity index (χ4n) is 11.0. The average molecular weight is 666 g/mol. The third-order valence-corrected chi connectivity index (χ3v) is 12.8. The molecule has 4 amide bonds. The summed E-state index contributed by atoms with van der Waals surface area (Å²) in [7, 11) is 0. The molecule has 0 aromatic heterocycles. The van der Waals surface area contributed by atoms with Crippen LogP contribution in [-0.4, -0.2) is 39.8 Å². The summed E-state index contributed by atoms with van der Waals surface area (Å²) in [5.41, 5.74) is 7.80. The van der Waals surface area contributed by atoms with Crippen molar-refractivity contribution in [2.45, 2.75) is 29.7 Å². The Morgan fingerprint density at radius 2 is 0.922 bits per heavy atom. The lowest BCUT2D eigenvalue weighted by Crippen LogP contribution is -2.55. The highest BCUT2D eigenvalue weighted by molar-refractivity contribution is 6.12. The zero-order valence-corrected chi connectivity index (χ0v) is 27.4. The molecule has 2 saturated heterocycles. The first-order chi connectivity index (χ1) is 25.0. The minimum Gasteiger partial charge on any atom is -0.278 e. The molecule has 13 rings (SSSR count). The summed E-state index contributed by atoms with van der Waals surface area (Å²) in [5.74, 6) is -4.50. The number of rotatable bonds is 4. The van der Waals surface area contributed by atoms with Gasteiger partial charge in [0.2, 0.25) is 11.8 Å². The van der Waals surface area contributed by atoms with Crippen LogP contribution in [0.3, 0.4) is 0 Å². The summed E-state index contributed by atoms with van der Waals surface area (Å²) in [6.45, 7) is 0.175. The van der Waals surface area contributed by atoms with Gasteiger partial charge < -0.3 is 0 Å². The maximum absolute atomic E-state index is 14.7. The lowest BCUT2D eigenvalue weighted by atomic mass is 9.47. The molecule has 246 valence electrons. The van der Waals surface area contributed by atoms with E-state index in [-0.39, 0.29) is 47.9 Å². The van der Waals surface area contributed by atoms with E-state index in [4.69, 9.17) is 5.10 Å². The van der Waals surface area contributed by atoms with E-state index in [1.165, 1.54) is 4.90 Å². The van der Waals surface area contributed by atoms with Crippen molar-refractivity contribution in [2.24, 2.45) is 28.8 Å². The number of imide groups is 2. The summed E-state index contributed by atoms with van der Waals surface area (Å²) in [5, 5.41) is 5.97. The summed E-state index contributed by atoms with van der Waals surface area (Å²) in [6, 6.07) is 41.8. The van der Waals surface area contributed by atoms with E-state index in [0.717, 1.165) is 55.1 Å². The second-order valence-corrected chi connectivity index (χ2v) is 14.8. The van der Waals surface area contributed by atoms with Crippen LogP contribution in [0, 0.1) is 23.7 Å². The predicted octanol–water partition coefficient (Wildman–Crippen LogP) is 6.11. The molecule has 0 spiro atoms. The quantitative estimate of drug-likeness (QED) is 0.171. The number of hydrogen-bond donors (Lipinski definition) is 0. The third kappa shape index (κ3) is 3.46. The van der Waals surface area contributed by atoms with Crippen LogP contribution in [0.15, 0.2) is 132 Å². The van der Waals surface area contributed by atoms with Crippen molar-refractivity contribution in [1.29, 1.82) is 0 Å². The Bertz CT molecular complexity index is 2260. The molecule has 2 heterocycles. The molecular formula is C44H31N3O4. The van der Waals surface area contributed by atoms with Gasteiger partial charge in [-0.1, -0.05) is 127 Å². The Morgan fingerprint density at radius 3 is 1.43 bits per heavy atom. The number of carbonyl (C=O) groups excluding carboxylic acids is 4. The highest BCUT2D eigenvalue weighted by atomic mass is 16.2. The first kappa shape index (κ1) is 28.8. The molecular weight excluding hydrogens is 635 g/mol. The van der Waals surface area contributed by atoms with Crippen LogP contribution in [0.2, 0.25) is 0 Å².